The average molecular weight is 329 g/mol. The molecular formula is C15H18Cl2N2O2. The summed E-state index contributed by atoms with van der Waals surface area (Å²) in [6, 6.07) is 5.71. The van der Waals surface area contributed by atoms with Gasteiger partial charge in [0, 0.05) is 29.2 Å². The van der Waals surface area contributed by atoms with Crippen LogP contribution in [0.5, 0.6) is 5.75 Å². The molecule has 0 aliphatic carbocycles. The molecule has 0 fully saturated rings. The number of halogens is 2. The Morgan fingerprint density at radius 3 is 2.67 bits per heavy atom. The van der Waals surface area contributed by atoms with Gasteiger partial charge in [0.1, 0.15) is 23.8 Å². The zero-order chi connectivity index (χ0) is 15.4. The van der Waals surface area contributed by atoms with Crippen molar-refractivity contribution in [3.05, 3.63) is 45.3 Å². The summed E-state index contributed by atoms with van der Waals surface area (Å²) in [5.41, 5.74) is 1.64. The zero-order valence-corrected chi connectivity index (χ0v) is 13.8. The van der Waals surface area contributed by atoms with Gasteiger partial charge in [0.15, 0.2) is 0 Å². The van der Waals surface area contributed by atoms with Crippen LogP contribution < -0.4 is 10.1 Å². The Morgan fingerprint density at radius 2 is 2.05 bits per heavy atom. The van der Waals surface area contributed by atoms with Gasteiger partial charge < -0.3 is 14.6 Å². The van der Waals surface area contributed by atoms with E-state index in [4.69, 9.17) is 32.5 Å². The van der Waals surface area contributed by atoms with E-state index in [1.54, 1.807) is 6.07 Å². The maximum atomic E-state index is 6.24. The minimum Gasteiger partial charge on any atom is -0.485 e. The summed E-state index contributed by atoms with van der Waals surface area (Å²) in [5, 5.41) is 8.30. The van der Waals surface area contributed by atoms with Crippen LogP contribution >= 0.6 is 23.2 Å². The molecule has 4 nitrogen and oxygen atoms in total. The van der Waals surface area contributed by atoms with Crippen molar-refractivity contribution >= 4 is 23.2 Å². The van der Waals surface area contributed by atoms with E-state index in [1.807, 2.05) is 19.1 Å². The van der Waals surface area contributed by atoms with Gasteiger partial charge in [-0.25, -0.2) is 0 Å². The SMILES string of the molecule is Cc1cc(COc2c(Cl)cc(Cl)cc2CNC(C)C)no1. The van der Waals surface area contributed by atoms with E-state index >= 15 is 0 Å². The van der Waals surface area contributed by atoms with Gasteiger partial charge in [-0.1, -0.05) is 42.2 Å². The van der Waals surface area contributed by atoms with Crippen LogP contribution in [0, 0.1) is 6.92 Å². The summed E-state index contributed by atoms with van der Waals surface area (Å²) in [6.45, 7) is 6.91. The largest absolute Gasteiger partial charge is 0.485 e. The number of ether oxygens (including phenoxy) is 1. The zero-order valence-electron chi connectivity index (χ0n) is 12.2. The molecule has 2 rings (SSSR count). The van der Waals surface area contributed by atoms with Crippen LogP contribution in [0.2, 0.25) is 10.0 Å². The predicted octanol–water partition coefficient (Wildman–Crippen LogP) is 4.37. The number of aromatic nitrogens is 1. The van der Waals surface area contributed by atoms with Crippen LogP contribution in [0.25, 0.3) is 0 Å². The molecule has 1 N–H and O–H groups in total. The van der Waals surface area contributed by atoms with Crippen molar-refractivity contribution in [2.45, 2.75) is 40.0 Å². The molecule has 1 aromatic carbocycles. The molecule has 6 heteroatoms. The van der Waals surface area contributed by atoms with Crippen molar-refractivity contribution in [3.8, 4) is 5.75 Å². The molecular weight excluding hydrogens is 311 g/mol. The topological polar surface area (TPSA) is 47.3 Å². The van der Waals surface area contributed by atoms with Gasteiger partial charge in [0.25, 0.3) is 0 Å². The molecule has 0 bridgehead atoms. The van der Waals surface area contributed by atoms with Crippen molar-refractivity contribution in [2.24, 2.45) is 0 Å². The summed E-state index contributed by atoms with van der Waals surface area (Å²) < 4.78 is 10.8. The fraction of sp³-hybridized carbons (Fsp3) is 0.400. The first-order valence-electron chi connectivity index (χ1n) is 6.72. The second-order valence-electron chi connectivity index (χ2n) is 5.13. The van der Waals surface area contributed by atoms with Crippen LogP contribution in [0.4, 0.5) is 0 Å². The molecule has 0 radical (unpaired) electrons. The number of benzene rings is 1. The van der Waals surface area contributed by atoms with Gasteiger partial charge >= 0.3 is 0 Å². The molecule has 0 atom stereocenters. The highest BCUT2D eigenvalue weighted by Crippen LogP contribution is 2.33. The van der Waals surface area contributed by atoms with Crippen LogP contribution in [0.15, 0.2) is 22.7 Å². The summed E-state index contributed by atoms with van der Waals surface area (Å²) in [4.78, 5) is 0. The van der Waals surface area contributed by atoms with E-state index in [9.17, 15) is 0 Å². The minimum absolute atomic E-state index is 0.299. The second kappa shape index (κ2) is 7.16. The molecule has 0 aliphatic rings. The number of rotatable bonds is 6. The molecule has 2 aromatic rings. The van der Waals surface area contributed by atoms with Crippen LogP contribution in [-0.2, 0) is 13.2 Å². The lowest BCUT2D eigenvalue weighted by atomic mass is 10.2. The first-order valence-corrected chi connectivity index (χ1v) is 7.47. The third kappa shape index (κ3) is 4.63. The van der Waals surface area contributed by atoms with Gasteiger partial charge in [0.2, 0.25) is 0 Å². The van der Waals surface area contributed by atoms with Crippen molar-refractivity contribution in [3.63, 3.8) is 0 Å². The maximum Gasteiger partial charge on any atom is 0.143 e. The third-order valence-corrected chi connectivity index (χ3v) is 3.33. The third-order valence-electron chi connectivity index (χ3n) is 2.83. The number of hydrogen-bond acceptors (Lipinski definition) is 4. The van der Waals surface area contributed by atoms with Crippen molar-refractivity contribution in [1.82, 2.24) is 10.5 Å². The van der Waals surface area contributed by atoms with Crippen molar-refractivity contribution in [2.75, 3.05) is 0 Å². The Balaban J connectivity index is 2.15. The summed E-state index contributed by atoms with van der Waals surface area (Å²) in [6.07, 6.45) is 0. The second-order valence-corrected chi connectivity index (χ2v) is 5.97. The minimum atomic E-state index is 0.299. The summed E-state index contributed by atoms with van der Waals surface area (Å²) >= 11 is 12.3. The summed E-state index contributed by atoms with van der Waals surface area (Å²) in [5.74, 6) is 1.37. The highest BCUT2D eigenvalue weighted by atomic mass is 35.5. The Kier molecular flexibility index (Phi) is 5.51. The number of aryl methyl sites for hydroxylation is 1. The van der Waals surface area contributed by atoms with E-state index < -0.39 is 0 Å². The molecule has 1 aromatic heterocycles. The lowest BCUT2D eigenvalue weighted by Crippen LogP contribution is -2.22. The van der Waals surface area contributed by atoms with Gasteiger partial charge in [-0.15, -0.1) is 0 Å². The van der Waals surface area contributed by atoms with Gasteiger partial charge in [0.05, 0.1) is 5.02 Å². The fourth-order valence-corrected chi connectivity index (χ4v) is 2.44. The molecule has 114 valence electrons. The normalized spacial score (nSPS) is 11.1. The highest BCUT2D eigenvalue weighted by Gasteiger charge is 2.12. The Morgan fingerprint density at radius 1 is 1.29 bits per heavy atom. The first-order chi connectivity index (χ1) is 9.95. The van der Waals surface area contributed by atoms with E-state index in [-0.39, 0.29) is 0 Å². The molecule has 0 saturated heterocycles. The van der Waals surface area contributed by atoms with Crippen LogP contribution in [0.1, 0.15) is 30.9 Å². The molecule has 0 aliphatic heterocycles. The Labute approximate surface area is 134 Å². The van der Waals surface area contributed by atoms with E-state index in [2.05, 4.69) is 24.3 Å². The van der Waals surface area contributed by atoms with Crippen molar-refractivity contribution < 1.29 is 9.26 Å². The fourth-order valence-electron chi connectivity index (χ4n) is 1.85. The van der Waals surface area contributed by atoms with E-state index in [0.717, 1.165) is 17.0 Å². The van der Waals surface area contributed by atoms with Crippen LogP contribution in [-0.4, -0.2) is 11.2 Å². The van der Waals surface area contributed by atoms with Crippen LogP contribution in [0.3, 0.4) is 0 Å². The average Bonchev–Trinajstić information content (AvgIpc) is 2.80. The number of hydrogen-bond donors (Lipinski definition) is 1. The molecule has 0 amide bonds. The maximum absolute atomic E-state index is 6.24. The molecule has 21 heavy (non-hydrogen) atoms. The van der Waals surface area contributed by atoms with Gasteiger partial charge in [-0.3, -0.25) is 0 Å². The number of nitrogens with zero attached hydrogens (tertiary/aromatic N) is 1. The molecule has 0 spiro atoms. The van der Waals surface area contributed by atoms with Crippen molar-refractivity contribution in [1.29, 1.82) is 0 Å². The standard InChI is InChI=1S/C15H18Cl2N2O2/c1-9(2)18-7-11-5-12(16)6-14(17)15(11)20-8-13-4-10(3)21-19-13/h4-6,9,18H,7-8H2,1-3H3. The van der Waals surface area contributed by atoms with E-state index in [1.165, 1.54) is 0 Å². The van der Waals surface area contributed by atoms with E-state index in [0.29, 0.717) is 35.0 Å². The predicted molar refractivity (Wildman–Crippen MR) is 84.0 cm³/mol. The molecule has 0 saturated carbocycles. The Hall–Kier alpha value is -1.23. The number of nitrogens with one attached hydrogen (secondary N) is 1. The Bertz CT molecular complexity index is 612. The first kappa shape index (κ1) is 16.1. The monoisotopic (exact) mass is 328 g/mol. The highest BCUT2D eigenvalue weighted by molar-refractivity contribution is 6.35. The van der Waals surface area contributed by atoms with Gasteiger partial charge in [-0.2, -0.15) is 0 Å². The molecule has 1 heterocycles. The lowest BCUT2D eigenvalue weighted by molar-refractivity contribution is 0.284. The lowest BCUT2D eigenvalue weighted by Gasteiger charge is -2.15. The van der Waals surface area contributed by atoms with Gasteiger partial charge in [-0.05, 0) is 19.1 Å². The smallest absolute Gasteiger partial charge is 0.143 e. The summed E-state index contributed by atoms with van der Waals surface area (Å²) in [7, 11) is 0. The quantitative estimate of drug-likeness (QED) is 0.855. The molecule has 0 unspecified atom stereocenters.